The number of hydrogen-bond donors (Lipinski definition) is 0. The molecule has 1 aliphatic rings. The van der Waals surface area contributed by atoms with Crippen LogP contribution in [0.25, 0.3) is 0 Å². The van der Waals surface area contributed by atoms with Crippen LogP contribution in [0.4, 0.5) is 0 Å². The zero-order chi connectivity index (χ0) is 13.1. The van der Waals surface area contributed by atoms with E-state index in [4.69, 9.17) is 4.74 Å². The third kappa shape index (κ3) is 5.39. The fourth-order valence-corrected chi connectivity index (χ4v) is 2.78. The minimum atomic E-state index is 0.505. The summed E-state index contributed by atoms with van der Waals surface area (Å²) in [5.41, 5.74) is 0. The molecular weight excluding hydrogens is 210 g/mol. The molecular formula is C15H32NO+. The molecule has 0 spiro atoms. The average molecular weight is 242 g/mol. The molecule has 3 atom stereocenters. The Morgan fingerprint density at radius 2 is 1.82 bits per heavy atom. The molecule has 2 heteroatoms. The summed E-state index contributed by atoms with van der Waals surface area (Å²) in [6.45, 7) is 9.07. The third-order valence-electron chi connectivity index (χ3n) is 4.06. The largest absolute Gasteiger partial charge is 0.372 e. The number of quaternary nitrogens is 1. The van der Waals surface area contributed by atoms with Gasteiger partial charge in [-0.15, -0.1) is 0 Å². The number of nitrogens with zero attached hydrogens (tertiary/aromatic N) is 1. The van der Waals surface area contributed by atoms with Gasteiger partial charge in [0.2, 0.25) is 0 Å². The summed E-state index contributed by atoms with van der Waals surface area (Å²) in [6.07, 6.45) is 4.51. The summed E-state index contributed by atoms with van der Waals surface area (Å²) < 4.78 is 7.18. The normalized spacial score (nSPS) is 30.9. The lowest BCUT2D eigenvalue weighted by Gasteiger charge is -2.37. The van der Waals surface area contributed by atoms with Crippen molar-refractivity contribution >= 4 is 0 Å². The van der Waals surface area contributed by atoms with Crippen LogP contribution >= 0.6 is 0 Å². The fraction of sp³-hybridized carbons (Fsp3) is 1.00. The zero-order valence-corrected chi connectivity index (χ0v) is 12.7. The summed E-state index contributed by atoms with van der Waals surface area (Å²) in [5, 5.41) is 0. The molecule has 0 radical (unpaired) electrons. The predicted molar refractivity (Wildman–Crippen MR) is 74.0 cm³/mol. The van der Waals surface area contributed by atoms with Crippen molar-refractivity contribution in [1.82, 2.24) is 0 Å². The van der Waals surface area contributed by atoms with Gasteiger partial charge >= 0.3 is 0 Å². The van der Waals surface area contributed by atoms with Crippen LogP contribution in [0.2, 0.25) is 0 Å². The highest BCUT2D eigenvalue weighted by atomic mass is 16.5. The van der Waals surface area contributed by atoms with Crippen LogP contribution in [0, 0.1) is 17.8 Å². The molecule has 0 amide bonds. The van der Waals surface area contributed by atoms with Crippen LogP contribution in [0.15, 0.2) is 0 Å². The quantitative estimate of drug-likeness (QED) is 0.673. The monoisotopic (exact) mass is 242 g/mol. The fourth-order valence-electron chi connectivity index (χ4n) is 2.78. The zero-order valence-electron chi connectivity index (χ0n) is 12.7. The molecule has 1 aliphatic carbocycles. The molecule has 1 saturated carbocycles. The summed E-state index contributed by atoms with van der Waals surface area (Å²) in [7, 11) is 6.69. The average Bonchev–Trinajstić information content (AvgIpc) is 2.15. The number of likely N-dealkylation sites (N-methyl/N-ethyl adjacent to an activating group) is 1. The van der Waals surface area contributed by atoms with Crippen LogP contribution in [0.5, 0.6) is 0 Å². The molecule has 1 rings (SSSR count). The Hall–Kier alpha value is -0.0800. The maximum Gasteiger partial charge on any atom is 0.102 e. The number of hydrogen-bond acceptors (Lipinski definition) is 1. The second-order valence-corrected chi connectivity index (χ2v) is 7.25. The molecule has 2 nitrogen and oxygen atoms in total. The van der Waals surface area contributed by atoms with Crippen molar-refractivity contribution in [3.05, 3.63) is 0 Å². The lowest BCUT2D eigenvalue weighted by Crippen LogP contribution is -2.40. The van der Waals surface area contributed by atoms with Crippen molar-refractivity contribution in [1.29, 1.82) is 0 Å². The van der Waals surface area contributed by atoms with E-state index in [1.807, 2.05) is 0 Å². The second-order valence-electron chi connectivity index (χ2n) is 7.25. The van der Waals surface area contributed by atoms with E-state index in [0.29, 0.717) is 6.10 Å². The highest BCUT2D eigenvalue weighted by Gasteiger charge is 2.31. The molecule has 102 valence electrons. The second kappa shape index (κ2) is 6.19. The van der Waals surface area contributed by atoms with E-state index in [1.165, 1.54) is 19.3 Å². The van der Waals surface area contributed by atoms with Crippen molar-refractivity contribution in [2.45, 2.75) is 46.1 Å². The van der Waals surface area contributed by atoms with Crippen molar-refractivity contribution in [2.24, 2.45) is 17.8 Å². The van der Waals surface area contributed by atoms with Crippen LogP contribution in [0.3, 0.4) is 0 Å². The Bertz CT molecular complexity index is 219. The van der Waals surface area contributed by atoms with Crippen molar-refractivity contribution in [3.63, 3.8) is 0 Å². The van der Waals surface area contributed by atoms with Crippen LogP contribution in [-0.4, -0.2) is 44.9 Å². The lowest BCUT2D eigenvalue weighted by atomic mass is 9.75. The van der Waals surface area contributed by atoms with Gasteiger partial charge in [-0.3, -0.25) is 0 Å². The van der Waals surface area contributed by atoms with Gasteiger partial charge in [0.25, 0.3) is 0 Å². The van der Waals surface area contributed by atoms with Crippen molar-refractivity contribution < 1.29 is 9.22 Å². The number of rotatable bonds is 5. The Morgan fingerprint density at radius 1 is 1.18 bits per heavy atom. The van der Waals surface area contributed by atoms with Gasteiger partial charge in [0.15, 0.2) is 0 Å². The van der Waals surface area contributed by atoms with Crippen LogP contribution < -0.4 is 0 Å². The maximum atomic E-state index is 6.19. The Labute approximate surface area is 108 Å². The van der Waals surface area contributed by atoms with Gasteiger partial charge in [-0.25, -0.2) is 0 Å². The molecule has 0 N–H and O–H groups in total. The van der Waals surface area contributed by atoms with Gasteiger partial charge in [0, 0.05) is 0 Å². The van der Waals surface area contributed by atoms with Crippen molar-refractivity contribution in [3.8, 4) is 0 Å². The molecule has 0 aromatic carbocycles. The Balaban J connectivity index is 2.41. The minimum absolute atomic E-state index is 0.505. The molecule has 1 fully saturated rings. The Kier molecular flexibility index (Phi) is 5.46. The van der Waals surface area contributed by atoms with Gasteiger partial charge in [0.1, 0.15) is 6.54 Å². The van der Waals surface area contributed by atoms with Gasteiger partial charge in [-0.2, -0.15) is 0 Å². The van der Waals surface area contributed by atoms with Crippen LogP contribution in [-0.2, 0) is 4.74 Å². The minimum Gasteiger partial charge on any atom is -0.372 e. The first-order chi connectivity index (χ1) is 7.79. The predicted octanol–water partition coefficient (Wildman–Crippen LogP) is 3.17. The van der Waals surface area contributed by atoms with E-state index >= 15 is 0 Å². The highest BCUT2D eigenvalue weighted by Crippen LogP contribution is 2.35. The standard InChI is InChI=1S/C15H32NO/c1-12(2)14-8-7-13(3)11-15(14)17-10-9-16(4,5)6/h12-15H,7-11H2,1-6H3/q+1/t13-,14-,15+/m1/s1. The molecule has 0 aromatic heterocycles. The summed E-state index contributed by atoms with van der Waals surface area (Å²) in [4.78, 5) is 0. The molecule has 17 heavy (non-hydrogen) atoms. The van der Waals surface area contributed by atoms with E-state index in [9.17, 15) is 0 Å². The first-order valence-electron chi connectivity index (χ1n) is 7.21. The highest BCUT2D eigenvalue weighted by molar-refractivity contribution is 4.81. The van der Waals surface area contributed by atoms with E-state index in [-0.39, 0.29) is 0 Å². The van der Waals surface area contributed by atoms with Gasteiger partial charge < -0.3 is 9.22 Å². The smallest absolute Gasteiger partial charge is 0.102 e. The van der Waals surface area contributed by atoms with Crippen LogP contribution in [0.1, 0.15) is 40.0 Å². The Morgan fingerprint density at radius 3 is 2.35 bits per heavy atom. The molecule has 0 saturated heterocycles. The lowest BCUT2D eigenvalue weighted by molar-refractivity contribution is -0.870. The summed E-state index contributed by atoms with van der Waals surface area (Å²) >= 11 is 0. The first kappa shape index (κ1) is 15.0. The molecule has 0 aliphatic heterocycles. The van der Waals surface area contributed by atoms with Gasteiger partial charge in [-0.05, 0) is 30.6 Å². The van der Waals surface area contributed by atoms with Gasteiger partial charge in [0.05, 0.1) is 33.9 Å². The maximum absolute atomic E-state index is 6.19. The SMILES string of the molecule is CC(C)[C@H]1CC[C@@H](C)C[C@@H]1OCC[N+](C)(C)C. The third-order valence-corrected chi connectivity index (χ3v) is 4.06. The summed E-state index contributed by atoms with van der Waals surface area (Å²) in [6, 6.07) is 0. The molecule has 0 aromatic rings. The van der Waals surface area contributed by atoms with E-state index in [2.05, 4.69) is 41.9 Å². The summed E-state index contributed by atoms with van der Waals surface area (Å²) in [5.74, 6) is 2.38. The van der Waals surface area contributed by atoms with E-state index < -0.39 is 0 Å². The number of ether oxygens (including phenoxy) is 1. The molecule has 0 unspecified atom stereocenters. The van der Waals surface area contributed by atoms with Gasteiger partial charge in [-0.1, -0.05) is 27.2 Å². The van der Waals surface area contributed by atoms with Crippen molar-refractivity contribution in [2.75, 3.05) is 34.3 Å². The first-order valence-corrected chi connectivity index (χ1v) is 7.21. The van der Waals surface area contributed by atoms with E-state index in [1.54, 1.807) is 0 Å². The molecule has 0 heterocycles. The van der Waals surface area contributed by atoms with E-state index in [0.717, 1.165) is 35.4 Å². The topological polar surface area (TPSA) is 9.23 Å². The molecule has 0 bridgehead atoms.